The third kappa shape index (κ3) is 7.29. The van der Waals surface area contributed by atoms with Crippen LogP contribution in [0.25, 0.3) is 117 Å². The fourth-order valence-corrected chi connectivity index (χ4v) is 9.79. The summed E-state index contributed by atoms with van der Waals surface area (Å²) in [6.45, 7) is 0. The second-order valence-electron chi connectivity index (χ2n) is 16.9. The van der Waals surface area contributed by atoms with E-state index in [-0.39, 0.29) is 0 Å². The van der Waals surface area contributed by atoms with Crippen LogP contribution in [0.5, 0.6) is 0 Å². The van der Waals surface area contributed by atoms with E-state index in [1.165, 1.54) is 44.2 Å². The zero-order chi connectivity index (χ0) is 44.5. The summed E-state index contributed by atoms with van der Waals surface area (Å²) in [5, 5.41) is 2.39. The predicted octanol–water partition coefficient (Wildman–Crippen LogP) is 16.9. The molecular weight excluding hydrogens is 811 g/mol. The topological polar surface area (TPSA) is 30.7 Å². The van der Waals surface area contributed by atoms with E-state index >= 15 is 0 Å². The molecular formula is C64H43N3. The molecule has 10 aromatic carbocycles. The van der Waals surface area contributed by atoms with Gasteiger partial charge in [-0.05, 0) is 69.3 Å². The third-order valence-electron chi connectivity index (χ3n) is 12.8. The number of rotatable bonds is 9. The van der Waals surface area contributed by atoms with Crippen molar-refractivity contribution >= 4 is 21.8 Å². The molecule has 0 aliphatic heterocycles. The smallest absolute Gasteiger partial charge is 0.160 e. The van der Waals surface area contributed by atoms with Gasteiger partial charge in [-0.1, -0.05) is 231 Å². The van der Waals surface area contributed by atoms with Crippen LogP contribution in [0.3, 0.4) is 0 Å². The largest absolute Gasteiger partial charge is 0.309 e. The summed E-state index contributed by atoms with van der Waals surface area (Å²) in [6.07, 6.45) is 0. The molecule has 67 heavy (non-hydrogen) atoms. The van der Waals surface area contributed by atoms with E-state index in [2.05, 4.69) is 253 Å². The van der Waals surface area contributed by atoms with E-state index in [1.807, 2.05) is 12.1 Å². The minimum Gasteiger partial charge on any atom is -0.309 e. The molecule has 0 saturated carbocycles. The normalized spacial score (nSPS) is 11.3. The molecule has 0 bridgehead atoms. The van der Waals surface area contributed by atoms with Crippen molar-refractivity contribution in [2.24, 2.45) is 0 Å². The second-order valence-corrected chi connectivity index (χ2v) is 16.9. The summed E-state index contributed by atoms with van der Waals surface area (Å²) in [6, 6.07) is 93.2. The van der Waals surface area contributed by atoms with Crippen LogP contribution < -0.4 is 0 Å². The first-order valence-electron chi connectivity index (χ1n) is 22.8. The van der Waals surface area contributed by atoms with E-state index in [0.29, 0.717) is 5.82 Å². The van der Waals surface area contributed by atoms with E-state index < -0.39 is 0 Å². The van der Waals surface area contributed by atoms with E-state index in [9.17, 15) is 0 Å². The Hall–Kier alpha value is -8.92. The number of hydrogen-bond donors (Lipinski definition) is 0. The summed E-state index contributed by atoms with van der Waals surface area (Å²) < 4.78 is 2.51. The number of benzene rings is 10. The summed E-state index contributed by atoms with van der Waals surface area (Å²) in [5.41, 5.74) is 19.8. The van der Waals surface area contributed by atoms with Crippen molar-refractivity contribution in [1.29, 1.82) is 0 Å². The zero-order valence-electron chi connectivity index (χ0n) is 36.7. The van der Waals surface area contributed by atoms with Gasteiger partial charge >= 0.3 is 0 Å². The van der Waals surface area contributed by atoms with Crippen molar-refractivity contribution in [1.82, 2.24) is 14.5 Å². The molecule has 0 atom stereocenters. The summed E-state index contributed by atoms with van der Waals surface area (Å²) in [4.78, 5) is 10.4. The van der Waals surface area contributed by atoms with Crippen molar-refractivity contribution in [3.05, 3.63) is 261 Å². The third-order valence-corrected chi connectivity index (χ3v) is 12.8. The van der Waals surface area contributed by atoms with Gasteiger partial charge in [-0.25, -0.2) is 9.97 Å². The van der Waals surface area contributed by atoms with Crippen LogP contribution in [0.4, 0.5) is 0 Å². The first-order valence-corrected chi connectivity index (χ1v) is 22.8. The van der Waals surface area contributed by atoms with E-state index in [4.69, 9.17) is 9.97 Å². The highest BCUT2D eigenvalue weighted by Crippen LogP contribution is 2.54. The minimum absolute atomic E-state index is 0.684. The van der Waals surface area contributed by atoms with Crippen molar-refractivity contribution < 1.29 is 0 Å². The van der Waals surface area contributed by atoms with Crippen LogP contribution >= 0.6 is 0 Å². The van der Waals surface area contributed by atoms with Gasteiger partial charge in [-0.3, -0.25) is 0 Å². The maximum Gasteiger partial charge on any atom is 0.160 e. The van der Waals surface area contributed by atoms with Crippen LogP contribution in [0.1, 0.15) is 0 Å². The Labute approximate surface area is 390 Å². The Morgan fingerprint density at radius 1 is 0.269 bits per heavy atom. The fraction of sp³-hybridized carbons (Fsp3) is 0. The Bertz CT molecular complexity index is 3620. The van der Waals surface area contributed by atoms with Crippen molar-refractivity contribution in [3.8, 4) is 95.2 Å². The van der Waals surface area contributed by atoms with Gasteiger partial charge in [-0.15, -0.1) is 0 Å². The fourth-order valence-electron chi connectivity index (χ4n) is 9.79. The van der Waals surface area contributed by atoms with Crippen LogP contribution in [-0.4, -0.2) is 14.5 Å². The molecule has 0 N–H and O–H groups in total. The number of para-hydroxylation sites is 1. The minimum atomic E-state index is 0.684. The predicted molar refractivity (Wildman–Crippen MR) is 280 cm³/mol. The van der Waals surface area contributed by atoms with Crippen LogP contribution in [0.2, 0.25) is 0 Å². The Kier molecular flexibility index (Phi) is 10.2. The molecule has 3 nitrogen and oxygen atoms in total. The number of hydrogen-bond acceptors (Lipinski definition) is 2. The second kappa shape index (κ2) is 17.2. The first-order chi connectivity index (χ1) is 33.3. The van der Waals surface area contributed by atoms with E-state index in [0.717, 1.165) is 67.1 Å². The van der Waals surface area contributed by atoms with Crippen molar-refractivity contribution in [2.45, 2.75) is 0 Å². The van der Waals surface area contributed by atoms with Gasteiger partial charge in [0.1, 0.15) is 0 Å². The molecule has 2 aromatic heterocycles. The quantitative estimate of drug-likeness (QED) is 0.145. The molecule has 3 heteroatoms. The van der Waals surface area contributed by atoms with Crippen molar-refractivity contribution in [3.63, 3.8) is 0 Å². The molecule has 0 spiro atoms. The highest BCUT2D eigenvalue weighted by molar-refractivity contribution is 6.26. The van der Waals surface area contributed by atoms with Gasteiger partial charge in [0, 0.05) is 49.8 Å². The molecule has 0 aliphatic carbocycles. The molecule has 314 valence electrons. The van der Waals surface area contributed by atoms with E-state index in [1.54, 1.807) is 0 Å². The molecule has 0 radical (unpaired) electrons. The summed E-state index contributed by atoms with van der Waals surface area (Å²) >= 11 is 0. The van der Waals surface area contributed by atoms with Gasteiger partial charge in [0.25, 0.3) is 0 Å². The first kappa shape index (κ1) is 39.7. The van der Waals surface area contributed by atoms with Crippen molar-refractivity contribution in [2.75, 3.05) is 0 Å². The Balaban J connectivity index is 1.17. The molecule has 12 aromatic rings. The maximum atomic E-state index is 5.19. The van der Waals surface area contributed by atoms with Gasteiger partial charge in [0.05, 0.1) is 22.4 Å². The molecule has 0 fully saturated rings. The van der Waals surface area contributed by atoms with Gasteiger partial charge in [0.15, 0.2) is 5.82 Å². The lowest BCUT2D eigenvalue weighted by molar-refractivity contribution is 1.18. The number of nitrogens with zero attached hydrogens (tertiary/aromatic N) is 3. The molecule has 0 unspecified atom stereocenters. The SMILES string of the molecule is c1ccc(-c2cc(-c3ccccc3)nc(-c3cccc(-c4ccc5c6c(-c7ccccc7)c(-c7ccccc7)c(-c7ccccc7)c(-c7ccccc7)c6n(-c6ccccc6)c5c4)c3)n2)cc1. The Morgan fingerprint density at radius 3 is 1.16 bits per heavy atom. The molecule has 0 aliphatic rings. The lowest BCUT2D eigenvalue weighted by Gasteiger charge is -2.24. The molecule has 12 rings (SSSR count). The van der Waals surface area contributed by atoms with Gasteiger partial charge < -0.3 is 4.57 Å². The number of aromatic nitrogens is 3. The molecule has 0 amide bonds. The summed E-state index contributed by atoms with van der Waals surface area (Å²) in [5.74, 6) is 0.684. The average Bonchev–Trinajstić information content (AvgIpc) is 3.76. The van der Waals surface area contributed by atoms with Gasteiger partial charge in [0.2, 0.25) is 0 Å². The van der Waals surface area contributed by atoms with Crippen LogP contribution in [0.15, 0.2) is 261 Å². The van der Waals surface area contributed by atoms with Crippen LogP contribution in [-0.2, 0) is 0 Å². The zero-order valence-corrected chi connectivity index (χ0v) is 36.7. The standard InChI is InChI=1S/C64H43N3/c1-8-23-44(24-9-1)55-43-56(45-25-10-2-11-26-45)66-64(65-55)52-36-22-35-50(41-52)51-39-40-54-57(42-51)67(53-37-20-7-21-38-53)63-61(49-33-18-6-19-34-49)59(47-29-14-4-15-30-47)58(46-27-12-3-13-28-46)60(62(54)63)48-31-16-5-17-32-48/h1-43H. The summed E-state index contributed by atoms with van der Waals surface area (Å²) in [7, 11) is 0. The lowest BCUT2D eigenvalue weighted by atomic mass is 9.80. The molecule has 2 heterocycles. The lowest BCUT2D eigenvalue weighted by Crippen LogP contribution is -2.00. The maximum absolute atomic E-state index is 5.19. The monoisotopic (exact) mass is 853 g/mol. The highest BCUT2D eigenvalue weighted by atomic mass is 15.0. The molecule has 0 saturated heterocycles. The van der Waals surface area contributed by atoms with Gasteiger partial charge in [-0.2, -0.15) is 0 Å². The number of fused-ring (bicyclic) bond motifs is 3. The highest BCUT2D eigenvalue weighted by Gasteiger charge is 2.29. The Morgan fingerprint density at radius 2 is 0.657 bits per heavy atom. The van der Waals surface area contributed by atoms with Crippen LogP contribution in [0, 0.1) is 0 Å². The average molecular weight is 854 g/mol.